The van der Waals surface area contributed by atoms with Crippen molar-refractivity contribution in [3.8, 4) is 0 Å². The first-order valence-corrected chi connectivity index (χ1v) is 6.85. The lowest BCUT2D eigenvalue weighted by atomic mass is 9.99. The minimum atomic E-state index is 0.875. The highest BCUT2D eigenvalue weighted by Gasteiger charge is 2.17. The van der Waals surface area contributed by atoms with Gasteiger partial charge in [0.15, 0.2) is 0 Å². The number of fused-ring (bicyclic) bond motifs is 1. The van der Waals surface area contributed by atoms with Crippen LogP contribution in [0.1, 0.15) is 36.5 Å². The lowest BCUT2D eigenvalue weighted by molar-refractivity contribution is 0.176. The van der Waals surface area contributed by atoms with Gasteiger partial charge in [0.2, 0.25) is 0 Å². The number of benzene rings is 1. The van der Waals surface area contributed by atoms with E-state index in [9.17, 15) is 0 Å². The molecule has 1 atom stereocenters. The van der Waals surface area contributed by atoms with Crippen molar-refractivity contribution in [2.75, 3.05) is 13.1 Å². The van der Waals surface area contributed by atoms with Crippen molar-refractivity contribution in [2.24, 2.45) is 5.92 Å². The SMILES string of the molecule is CC1CCCN(Cc2ccc3c(c2)CNC3)C1. The fraction of sp³-hybridized carbons (Fsp3) is 0.600. The normalized spacial score (nSPS) is 24.9. The highest BCUT2D eigenvalue weighted by molar-refractivity contribution is 5.34. The van der Waals surface area contributed by atoms with Gasteiger partial charge in [-0.2, -0.15) is 0 Å². The molecule has 2 aliphatic heterocycles. The van der Waals surface area contributed by atoms with Crippen LogP contribution in [0.5, 0.6) is 0 Å². The topological polar surface area (TPSA) is 15.3 Å². The van der Waals surface area contributed by atoms with Crippen LogP contribution >= 0.6 is 0 Å². The Kier molecular flexibility index (Phi) is 3.17. The lowest BCUT2D eigenvalue weighted by Gasteiger charge is -2.30. The van der Waals surface area contributed by atoms with Crippen LogP contribution in [0.15, 0.2) is 18.2 Å². The first-order valence-electron chi connectivity index (χ1n) is 6.85. The zero-order valence-corrected chi connectivity index (χ0v) is 10.7. The van der Waals surface area contributed by atoms with E-state index in [1.165, 1.54) is 42.6 Å². The van der Waals surface area contributed by atoms with E-state index in [4.69, 9.17) is 0 Å². The Morgan fingerprint density at radius 2 is 2.18 bits per heavy atom. The molecular weight excluding hydrogens is 208 g/mol. The van der Waals surface area contributed by atoms with Gasteiger partial charge in [-0.25, -0.2) is 0 Å². The van der Waals surface area contributed by atoms with Crippen molar-refractivity contribution in [2.45, 2.75) is 39.4 Å². The number of hydrogen-bond donors (Lipinski definition) is 1. The first kappa shape index (κ1) is 11.2. The zero-order valence-electron chi connectivity index (χ0n) is 10.7. The van der Waals surface area contributed by atoms with Crippen LogP contribution in [0.25, 0.3) is 0 Å². The maximum absolute atomic E-state index is 3.41. The molecule has 2 heterocycles. The van der Waals surface area contributed by atoms with Crippen molar-refractivity contribution < 1.29 is 0 Å². The van der Waals surface area contributed by atoms with E-state index < -0.39 is 0 Å². The summed E-state index contributed by atoms with van der Waals surface area (Å²) >= 11 is 0. The third-order valence-corrected chi connectivity index (χ3v) is 4.05. The van der Waals surface area contributed by atoms with Crippen LogP contribution < -0.4 is 5.32 Å². The molecule has 2 heteroatoms. The maximum Gasteiger partial charge on any atom is 0.0233 e. The molecule has 1 fully saturated rings. The summed E-state index contributed by atoms with van der Waals surface area (Å²) in [4.78, 5) is 2.61. The Morgan fingerprint density at radius 3 is 3.06 bits per heavy atom. The molecule has 2 nitrogen and oxygen atoms in total. The molecule has 3 rings (SSSR count). The van der Waals surface area contributed by atoms with Gasteiger partial charge in [-0.05, 0) is 42.0 Å². The molecule has 1 aromatic rings. The second kappa shape index (κ2) is 4.79. The molecule has 0 bridgehead atoms. The minimum Gasteiger partial charge on any atom is -0.309 e. The van der Waals surface area contributed by atoms with Crippen molar-refractivity contribution >= 4 is 0 Å². The van der Waals surface area contributed by atoms with Gasteiger partial charge in [0.25, 0.3) is 0 Å². The van der Waals surface area contributed by atoms with Crippen LogP contribution in [0.2, 0.25) is 0 Å². The lowest BCUT2D eigenvalue weighted by Crippen LogP contribution is -2.33. The molecule has 0 spiro atoms. The van der Waals surface area contributed by atoms with Gasteiger partial charge < -0.3 is 5.32 Å². The van der Waals surface area contributed by atoms with Gasteiger partial charge in [0.1, 0.15) is 0 Å². The van der Waals surface area contributed by atoms with Crippen LogP contribution in [0.4, 0.5) is 0 Å². The molecule has 2 aliphatic rings. The van der Waals surface area contributed by atoms with Crippen molar-refractivity contribution in [3.63, 3.8) is 0 Å². The Morgan fingerprint density at radius 1 is 1.29 bits per heavy atom. The monoisotopic (exact) mass is 230 g/mol. The molecule has 1 saturated heterocycles. The Bertz CT molecular complexity index is 400. The van der Waals surface area contributed by atoms with Gasteiger partial charge in [0, 0.05) is 26.2 Å². The van der Waals surface area contributed by atoms with Crippen LogP contribution in [-0.4, -0.2) is 18.0 Å². The summed E-state index contributed by atoms with van der Waals surface area (Å²) in [6, 6.07) is 7.01. The average molecular weight is 230 g/mol. The van der Waals surface area contributed by atoms with E-state index in [0.29, 0.717) is 0 Å². The smallest absolute Gasteiger partial charge is 0.0233 e. The van der Waals surface area contributed by atoms with Gasteiger partial charge in [-0.1, -0.05) is 25.1 Å². The number of likely N-dealkylation sites (tertiary alicyclic amines) is 1. The molecule has 1 unspecified atom stereocenters. The van der Waals surface area contributed by atoms with E-state index in [2.05, 4.69) is 35.3 Å². The average Bonchev–Trinajstić information content (AvgIpc) is 2.76. The molecule has 17 heavy (non-hydrogen) atoms. The molecule has 0 amide bonds. The van der Waals surface area contributed by atoms with Gasteiger partial charge in [-0.15, -0.1) is 0 Å². The second-order valence-corrected chi connectivity index (χ2v) is 5.69. The summed E-state index contributed by atoms with van der Waals surface area (Å²) in [5, 5.41) is 3.41. The van der Waals surface area contributed by atoms with E-state index in [-0.39, 0.29) is 0 Å². The van der Waals surface area contributed by atoms with Crippen LogP contribution in [-0.2, 0) is 19.6 Å². The molecule has 0 radical (unpaired) electrons. The third-order valence-electron chi connectivity index (χ3n) is 4.05. The fourth-order valence-corrected chi connectivity index (χ4v) is 3.13. The maximum atomic E-state index is 3.41. The summed E-state index contributed by atoms with van der Waals surface area (Å²) in [5.41, 5.74) is 4.48. The summed E-state index contributed by atoms with van der Waals surface area (Å²) in [7, 11) is 0. The van der Waals surface area contributed by atoms with Crippen molar-refractivity contribution in [1.82, 2.24) is 10.2 Å². The quantitative estimate of drug-likeness (QED) is 0.840. The van der Waals surface area contributed by atoms with Crippen molar-refractivity contribution in [3.05, 3.63) is 34.9 Å². The molecule has 0 saturated carbocycles. The number of rotatable bonds is 2. The highest BCUT2D eigenvalue weighted by Crippen LogP contribution is 2.21. The Balaban J connectivity index is 1.68. The molecular formula is C15H22N2. The molecule has 0 aromatic heterocycles. The largest absolute Gasteiger partial charge is 0.309 e. The highest BCUT2D eigenvalue weighted by atomic mass is 15.1. The molecule has 1 N–H and O–H groups in total. The van der Waals surface area contributed by atoms with E-state index in [0.717, 1.165) is 25.6 Å². The molecule has 1 aromatic carbocycles. The Hall–Kier alpha value is -0.860. The molecule has 0 aliphatic carbocycles. The number of hydrogen-bond acceptors (Lipinski definition) is 2. The summed E-state index contributed by atoms with van der Waals surface area (Å²) < 4.78 is 0. The van der Waals surface area contributed by atoms with Gasteiger partial charge in [-0.3, -0.25) is 4.90 Å². The minimum absolute atomic E-state index is 0.875. The first-order chi connectivity index (χ1) is 8.31. The fourth-order valence-electron chi connectivity index (χ4n) is 3.13. The summed E-state index contributed by atoms with van der Waals surface area (Å²) in [5.74, 6) is 0.875. The van der Waals surface area contributed by atoms with Crippen LogP contribution in [0, 0.1) is 5.92 Å². The number of piperidine rings is 1. The predicted molar refractivity (Wildman–Crippen MR) is 70.7 cm³/mol. The summed E-state index contributed by atoms with van der Waals surface area (Å²) in [6.45, 7) is 8.17. The third kappa shape index (κ3) is 2.53. The second-order valence-electron chi connectivity index (χ2n) is 5.69. The van der Waals surface area contributed by atoms with Crippen molar-refractivity contribution in [1.29, 1.82) is 0 Å². The summed E-state index contributed by atoms with van der Waals surface area (Å²) in [6.07, 6.45) is 2.78. The van der Waals surface area contributed by atoms with Gasteiger partial charge >= 0.3 is 0 Å². The molecule has 92 valence electrons. The Labute approximate surface area is 104 Å². The number of nitrogens with zero attached hydrogens (tertiary/aromatic N) is 1. The number of nitrogens with one attached hydrogen (secondary N) is 1. The van der Waals surface area contributed by atoms with E-state index in [1.807, 2.05) is 0 Å². The van der Waals surface area contributed by atoms with Gasteiger partial charge in [0.05, 0.1) is 0 Å². The zero-order chi connectivity index (χ0) is 11.7. The van der Waals surface area contributed by atoms with Crippen LogP contribution in [0.3, 0.4) is 0 Å². The predicted octanol–water partition coefficient (Wildman–Crippen LogP) is 2.52. The van der Waals surface area contributed by atoms with E-state index in [1.54, 1.807) is 0 Å². The van der Waals surface area contributed by atoms with E-state index >= 15 is 0 Å². The standard InChI is InChI=1S/C15H22N2/c1-12-3-2-6-17(10-12)11-13-4-5-14-8-16-9-15(14)7-13/h4-5,7,12,16H,2-3,6,8-11H2,1H3.